The van der Waals surface area contributed by atoms with E-state index in [2.05, 4.69) is 0 Å². The van der Waals surface area contributed by atoms with Gasteiger partial charge in [0.05, 0.1) is 0 Å². The van der Waals surface area contributed by atoms with Crippen LogP contribution in [-0.4, -0.2) is 38.7 Å². The van der Waals surface area contributed by atoms with Crippen molar-refractivity contribution in [2.45, 2.75) is 18.3 Å². The van der Waals surface area contributed by atoms with Gasteiger partial charge in [-0.1, -0.05) is 18.2 Å². The van der Waals surface area contributed by atoms with Crippen molar-refractivity contribution in [3.05, 3.63) is 53.8 Å². The van der Waals surface area contributed by atoms with Crippen molar-refractivity contribution in [2.24, 2.45) is 11.7 Å². The molecule has 3 unspecified atom stereocenters. The summed E-state index contributed by atoms with van der Waals surface area (Å²) in [6, 6.07) is 6.95. The fourth-order valence-corrected chi connectivity index (χ4v) is 3.03. The molecule has 1 aromatic carbocycles. The molecular weight excluding hydrogens is 310 g/mol. The molecule has 0 aromatic heterocycles. The van der Waals surface area contributed by atoms with E-state index >= 15 is 0 Å². The van der Waals surface area contributed by atoms with E-state index in [1.54, 1.807) is 43.5 Å². The molecule has 4 bridgehead atoms. The highest BCUT2D eigenvalue weighted by molar-refractivity contribution is 6.04. The third-order valence-corrected chi connectivity index (χ3v) is 4.42. The summed E-state index contributed by atoms with van der Waals surface area (Å²) in [5, 5.41) is 0. The van der Waals surface area contributed by atoms with E-state index in [0.29, 0.717) is 23.4 Å². The first-order valence-electron chi connectivity index (χ1n) is 7.73. The van der Waals surface area contributed by atoms with Gasteiger partial charge in [-0.15, -0.1) is 0 Å². The van der Waals surface area contributed by atoms with E-state index in [9.17, 15) is 4.79 Å². The second-order valence-corrected chi connectivity index (χ2v) is 5.79. The van der Waals surface area contributed by atoms with Crippen LogP contribution in [0.2, 0.25) is 0 Å². The molecule has 0 spiro atoms. The van der Waals surface area contributed by atoms with Crippen molar-refractivity contribution in [3.8, 4) is 5.75 Å². The number of rotatable bonds is 2. The first-order chi connectivity index (χ1) is 11.6. The van der Waals surface area contributed by atoms with Gasteiger partial charge in [0.15, 0.2) is 12.6 Å². The highest BCUT2D eigenvalue weighted by atomic mass is 16.8. The molecule has 0 amide bonds. The van der Waals surface area contributed by atoms with Crippen LogP contribution in [0.25, 0.3) is 0 Å². The van der Waals surface area contributed by atoms with E-state index in [0.717, 1.165) is 0 Å². The minimum atomic E-state index is -1.13. The molecular formula is C18H21NO5. The third kappa shape index (κ3) is 3.08. The lowest BCUT2D eigenvalue weighted by Gasteiger charge is -2.41. The van der Waals surface area contributed by atoms with Gasteiger partial charge in [-0.3, -0.25) is 4.79 Å². The molecule has 3 atom stereocenters. The summed E-state index contributed by atoms with van der Waals surface area (Å²) in [4.78, 5) is 12.3. The van der Waals surface area contributed by atoms with Gasteiger partial charge in [0, 0.05) is 31.4 Å². The monoisotopic (exact) mass is 331 g/mol. The largest absolute Gasteiger partial charge is 0.467 e. The van der Waals surface area contributed by atoms with Crippen LogP contribution in [-0.2, 0) is 14.2 Å². The maximum atomic E-state index is 12.3. The van der Waals surface area contributed by atoms with E-state index in [1.807, 2.05) is 0 Å². The summed E-state index contributed by atoms with van der Waals surface area (Å²) in [7, 11) is 3.12. The van der Waals surface area contributed by atoms with Gasteiger partial charge in [0.25, 0.3) is 0 Å². The number of fused-ring (bicyclic) bond motifs is 4. The number of hydrogen-bond donors (Lipinski definition) is 1. The Labute approximate surface area is 140 Å². The Bertz CT molecular complexity index is 684. The molecule has 4 rings (SSSR count). The van der Waals surface area contributed by atoms with Crippen molar-refractivity contribution >= 4 is 5.78 Å². The summed E-state index contributed by atoms with van der Waals surface area (Å²) in [5.74, 6) is -0.819. The molecule has 0 saturated heterocycles. The number of carbonyl (C=O) groups excluding carboxylic acids is 1. The van der Waals surface area contributed by atoms with Crippen molar-refractivity contribution in [3.63, 3.8) is 0 Å². The molecule has 0 fully saturated rings. The van der Waals surface area contributed by atoms with Gasteiger partial charge in [-0.25, -0.2) is 0 Å². The van der Waals surface area contributed by atoms with Gasteiger partial charge in [-0.2, -0.15) is 0 Å². The molecule has 6 nitrogen and oxygen atoms in total. The lowest BCUT2D eigenvalue weighted by atomic mass is 9.86. The topological polar surface area (TPSA) is 80.0 Å². The molecule has 2 N–H and O–H groups in total. The fourth-order valence-electron chi connectivity index (χ4n) is 3.03. The number of methoxy groups -OCH3 is 2. The summed E-state index contributed by atoms with van der Waals surface area (Å²) >= 11 is 0. The molecule has 2 heterocycles. The molecule has 0 radical (unpaired) electrons. The minimum Gasteiger partial charge on any atom is -0.467 e. The zero-order chi connectivity index (χ0) is 17.2. The molecule has 24 heavy (non-hydrogen) atoms. The molecule has 1 aromatic rings. The number of hydrogen-bond acceptors (Lipinski definition) is 6. The van der Waals surface area contributed by atoms with Crippen LogP contribution in [0.15, 0.2) is 48.2 Å². The average molecular weight is 331 g/mol. The number of carbonyl (C=O) groups is 1. The first-order valence-corrected chi connectivity index (χ1v) is 7.73. The Hall–Kier alpha value is -2.15. The van der Waals surface area contributed by atoms with Gasteiger partial charge < -0.3 is 24.7 Å². The van der Waals surface area contributed by atoms with Crippen LogP contribution in [0, 0.1) is 5.92 Å². The normalized spacial score (nSPS) is 29.9. The molecule has 0 saturated carbocycles. The molecule has 2 aliphatic heterocycles. The highest BCUT2D eigenvalue weighted by Crippen LogP contribution is 2.35. The first kappa shape index (κ1) is 16.7. The number of nitrogens with two attached hydrogens (primary N) is 1. The fraction of sp³-hybridized carbons (Fsp3) is 0.389. The number of ether oxygens (including phenoxy) is 4. The number of ketones is 1. The lowest BCUT2D eigenvalue weighted by molar-refractivity contribution is -0.271. The van der Waals surface area contributed by atoms with Crippen LogP contribution < -0.4 is 10.5 Å². The van der Waals surface area contributed by atoms with Gasteiger partial charge in [-0.05, 0) is 30.7 Å². The minimum absolute atomic E-state index is 0.0623. The molecule has 3 aliphatic rings. The van der Waals surface area contributed by atoms with Crippen LogP contribution >= 0.6 is 0 Å². The van der Waals surface area contributed by atoms with Crippen LogP contribution in [0.3, 0.4) is 0 Å². The standard InChI is InChI=1S/C18H21NO5/c1-21-17-9-12-6-7-16(20)13-4-3-5-14(8-13)23-11-24-18(17,22-2)10-15(12)19/h3-8,10,12,17H,9,11,19H2,1-2H3. The van der Waals surface area contributed by atoms with Crippen molar-refractivity contribution in [1.82, 2.24) is 0 Å². The van der Waals surface area contributed by atoms with Crippen molar-refractivity contribution in [2.75, 3.05) is 21.0 Å². The quantitative estimate of drug-likeness (QED) is 0.893. The summed E-state index contributed by atoms with van der Waals surface area (Å²) in [5.41, 5.74) is 7.29. The maximum Gasteiger partial charge on any atom is 0.219 e. The Kier molecular flexibility index (Phi) is 4.71. The Morgan fingerprint density at radius 3 is 2.92 bits per heavy atom. The summed E-state index contributed by atoms with van der Waals surface area (Å²) in [6.45, 7) is -0.0623. The van der Waals surface area contributed by atoms with Gasteiger partial charge in [0.2, 0.25) is 5.79 Å². The highest BCUT2D eigenvalue weighted by Gasteiger charge is 2.44. The predicted molar refractivity (Wildman–Crippen MR) is 87.4 cm³/mol. The van der Waals surface area contributed by atoms with E-state index < -0.39 is 5.79 Å². The predicted octanol–water partition coefficient (Wildman–Crippen LogP) is 2.01. The second kappa shape index (κ2) is 6.76. The van der Waals surface area contributed by atoms with Crippen molar-refractivity contribution < 1.29 is 23.7 Å². The number of benzene rings is 1. The average Bonchev–Trinajstić information content (AvgIpc) is 2.61. The lowest BCUT2D eigenvalue weighted by Crippen LogP contribution is -2.51. The second-order valence-electron chi connectivity index (χ2n) is 5.79. The Morgan fingerprint density at radius 2 is 2.17 bits per heavy atom. The molecule has 128 valence electrons. The van der Waals surface area contributed by atoms with Crippen LogP contribution in [0.4, 0.5) is 0 Å². The van der Waals surface area contributed by atoms with Crippen molar-refractivity contribution in [1.29, 1.82) is 0 Å². The van der Waals surface area contributed by atoms with Gasteiger partial charge >= 0.3 is 0 Å². The number of allylic oxidation sites excluding steroid dienone is 2. The van der Waals surface area contributed by atoms with E-state index in [1.165, 1.54) is 13.2 Å². The maximum absolute atomic E-state index is 12.3. The zero-order valence-electron chi connectivity index (χ0n) is 13.7. The third-order valence-electron chi connectivity index (χ3n) is 4.42. The molecule has 6 heteroatoms. The van der Waals surface area contributed by atoms with E-state index in [4.69, 9.17) is 24.7 Å². The SMILES string of the molecule is COC1CC2C=CC(=O)c3cccc(c3)OCOC1(OC)C=C2N. The molecule has 1 aliphatic carbocycles. The Balaban J connectivity index is 2.02. The van der Waals surface area contributed by atoms with Gasteiger partial charge in [0.1, 0.15) is 11.9 Å². The van der Waals surface area contributed by atoms with Crippen LogP contribution in [0.1, 0.15) is 16.8 Å². The van der Waals surface area contributed by atoms with Crippen LogP contribution in [0.5, 0.6) is 5.75 Å². The van der Waals surface area contributed by atoms with E-state index in [-0.39, 0.29) is 24.6 Å². The Morgan fingerprint density at radius 1 is 1.33 bits per heavy atom. The smallest absolute Gasteiger partial charge is 0.219 e. The zero-order valence-corrected chi connectivity index (χ0v) is 13.7. The summed E-state index contributed by atoms with van der Waals surface area (Å²) < 4.78 is 22.6. The summed E-state index contributed by atoms with van der Waals surface area (Å²) in [6.07, 6.45) is 5.18.